The highest BCUT2D eigenvalue weighted by Gasteiger charge is 2.39. The molecule has 1 aliphatic carbocycles. The van der Waals surface area contributed by atoms with Crippen molar-refractivity contribution in [3.05, 3.63) is 0 Å². The predicted octanol–water partition coefficient (Wildman–Crippen LogP) is 2.78. The van der Waals surface area contributed by atoms with Crippen LogP contribution in [0.5, 0.6) is 0 Å². The quantitative estimate of drug-likeness (QED) is 0.776. The lowest BCUT2D eigenvalue weighted by Crippen LogP contribution is -2.64. The molecule has 2 aliphatic rings. The van der Waals surface area contributed by atoms with Crippen LogP contribution in [0.25, 0.3) is 0 Å². The first-order valence-electron chi connectivity index (χ1n) is 7.08. The summed E-state index contributed by atoms with van der Waals surface area (Å²) in [6.07, 6.45) is 8.33. The van der Waals surface area contributed by atoms with Gasteiger partial charge in [0.15, 0.2) is 0 Å². The van der Waals surface area contributed by atoms with Crippen LogP contribution in [0.2, 0.25) is 0 Å². The van der Waals surface area contributed by atoms with Crippen LogP contribution >= 0.6 is 0 Å². The molecule has 2 nitrogen and oxygen atoms in total. The minimum Gasteiger partial charge on any atom is -0.309 e. The molecule has 1 spiro atoms. The molecule has 0 amide bonds. The summed E-state index contributed by atoms with van der Waals surface area (Å²) < 4.78 is 0. The van der Waals surface area contributed by atoms with Gasteiger partial charge < -0.3 is 5.32 Å². The molecule has 94 valence electrons. The average Bonchev–Trinajstić information content (AvgIpc) is 2.30. The molecule has 1 aliphatic heterocycles. The molecule has 0 atom stereocenters. The highest BCUT2D eigenvalue weighted by atomic mass is 15.3. The average molecular weight is 224 g/mol. The lowest BCUT2D eigenvalue weighted by Gasteiger charge is -2.51. The van der Waals surface area contributed by atoms with Gasteiger partial charge in [-0.2, -0.15) is 0 Å². The second kappa shape index (κ2) is 4.66. The fourth-order valence-corrected chi connectivity index (χ4v) is 3.26. The Labute approximate surface area is 101 Å². The maximum Gasteiger partial charge on any atom is 0.0309 e. The van der Waals surface area contributed by atoms with Gasteiger partial charge in [0.2, 0.25) is 0 Å². The summed E-state index contributed by atoms with van der Waals surface area (Å²) in [7, 11) is 0. The van der Waals surface area contributed by atoms with Crippen LogP contribution in [0.4, 0.5) is 0 Å². The first-order valence-corrected chi connectivity index (χ1v) is 7.08. The zero-order valence-electron chi connectivity index (χ0n) is 11.3. The van der Waals surface area contributed by atoms with E-state index >= 15 is 0 Å². The smallest absolute Gasteiger partial charge is 0.0309 e. The maximum absolute atomic E-state index is 3.82. The largest absolute Gasteiger partial charge is 0.309 e. The van der Waals surface area contributed by atoms with Crippen molar-refractivity contribution >= 4 is 0 Å². The van der Waals surface area contributed by atoms with E-state index in [0.29, 0.717) is 11.1 Å². The zero-order chi connectivity index (χ0) is 11.6. The summed E-state index contributed by atoms with van der Waals surface area (Å²) in [4.78, 5) is 2.72. The van der Waals surface area contributed by atoms with E-state index in [9.17, 15) is 0 Å². The Morgan fingerprint density at radius 3 is 2.50 bits per heavy atom. The molecule has 1 saturated heterocycles. The highest BCUT2D eigenvalue weighted by molar-refractivity contribution is 4.99. The van der Waals surface area contributed by atoms with Crippen LogP contribution in [0.1, 0.15) is 59.3 Å². The second-order valence-electron chi connectivity index (χ2n) is 6.36. The lowest BCUT2D eigenvalue weighted by molar-refractivity contribution is 0.0276. The monoisotopic (exact) mass is 224 g/mol. The molecule has 1 saturated carbocycles. The summed E-state index contributed by atoms with van der Waals surface area (Å²) >= 11 is 0. The molecule has 1 heterocycles. The van der Waals surface area contributed by atoms with Gasteiger partial charge in [0.1, 0.15) is 0 Å². The van der Waals surface area contributed by atoms with Crippen molar-refractivity contribution in [2.24, 2.45) is 0 Å². The topological polar surface area (TPSA) is 15.3 Å². The molecule has 2 fully saturated rings. The van der Waals surface area contributed by atoms with Crippen LogP contribution in [0, 0.1) is 0 Å². The third-order valence-electron chi connectivity index (χ3n) is 4.91. The summed E-state index contributed by atoms with van der Waals surface area (Å²) in [5, 5.41) is 3.82. The van der Waals surface area contributed by atoms with E-state index in [4.69, 9.17) is 0 Å². The minimum atomic E-state index is 0.381. The van der Waals surface area contributed by atoms with Gasteiger partial charge in [0.05, 0.1) is 0 Å². The van der Waals surface area contributed by atoms with Crippen molar-refractivity contribution in [3.63, 3.8) is 0 Å². The molecule has 1 N–H and O–H groups in total. The van der Waals surface area contributed by atoms with E-state index in [1.54, 1.807) is 0 Å². The predicted molar refractivity (Wildman–Crippen MR) is 69.8 cm³/mol. The van der Waals surface area contributed by atoms with E-state index in [0.717, 1.165) is 0 Å². The van der Waals surface area contributed by atoms with Crippen molar-refractivity contribution in [2.75, 3.05) is 19.6 Å². The standard InChI is InChI=1S/C14H28N2/c1-4-13(2,3)16-11-10-15-14(12-16)8-6-5-7-9-14/h15H,4-12H2,1-3H3. The van der Waals surface area contributed by atoms with Crippen LogP contribution in [0.3, 0.4) is 0 Å². The van der Waals surface area contributed by atoms with Gasteiger partial charge in [-0.1, -0.05) is 26.2 Å². The molecule has 0 aromatic heterocycles. The Bertz CT molecular complexity index is 223. The molecule has 0 unspecified atom stereocenters. The normalized spacial score (nSPS) is 27.2. The highest BCUT2D eigenvalue weighted by Crippen LogP contribution is 2.33. The molecule has 2 rings (SSSR count). The van der Waals surface area contributed by atoms with Crippen molar-refractivity contribution in [3.8, 4) is 0 Å². The number of nitrogens with one attached hydrogen (secondary N) is 1. The maximum atomic E-state index is 3.82. The molecule has 0 aromatic rings. The zero-order valence-corrected chi connectivity index (χ0v) is 11.3. The number of hydrogen-bond acceptors (Lipinski definition) is 2. The molecule has 2 heteroatoms. The molecular formula is C14H28N2. The Morgan fingerprint density at radius 2 is 1.88 bits per heavy atom. The second-order valence-corrected chi connectivity index (χ2v) is 6.36. The molecular weight excluding hydrogens is 196 g/mol. The summed E-state index contributed by atoms with van der Waals surface area (Å²) in [6, 6.07) is 0. The van der Waals surface area contributed by atoms with E-state index in [2.05, 4.69) is 31.0 Å². The molecule has 0 radical (unpaired) electrons. The summed E-state index contributed by atoms with van der Waals surface area (Å²) in [6.45, 7) is 10.8. The van der Waals surface area contributed by atoms with Gasteiger partial charge in [0, 0.05) is 30.7 Å². The fraction of sp³-hybridized carbons (Fsp3) is 1.00. The Balaban J connectivity index is 2.03. The van der Waals surface area contributed by atoms with Gasteiger partial charge in [-0.25, -0.2) is 0 Å². The van der Waals surface area contributed by atoms with Crippen LogP contribution < -0.4 is 5.32 Å². The fourth-order valence-electron chi connectivity index (χ4n) is 3.26. The van der Waals surface area contributed by atoms with E-state index in [1.807, 2.05) is 0 Å². The van der Waals surface area contributed by atoms with Crippen molar-refractivity contribution < 1.29 is 0 Å². The van der Waals surface area contributed by atoms with Gasteiger partial charge in [0.25, 0.3) is 0 Å². The van der Waals surface area contributed by atoms with Crippen LogP contribution in [-0.2, 0) is 0 Å². The number of nitrogens with zero attached hydrogens (tertiary/aromatic N) is 1. The van der Waals surface area contributed by atoms with Gasteiger partial charge in [-0.05, 0) is 33.1 Å². The van der Waals surface area contributed by atoms with Gasteiger partial charge >= 0.3 is 0 Å². The van der Waals surface area contributed by atoms with Crippen LogP contribution in [0.15, 0.2) is 0 Å². The minimum absolute atomic E-state index is 0.381. The van der Waals surface area contributed by atoms with E-state index in [-0.39, 0.29) is 0 Å². The van der Waals surface area contributed by atoms with Gasteiger partial charge in [-0.15, -0.1) is 0 Å². The molecule has 16 heavy (non-hydrogen) atoms. The lowest BCUT2D eigenvalue weighted by atomic mass is 9.79. The third-order valence-corrected chi connectivity index (χ3v) is 4.91. The Kier molecular flexibility index (Phi) is 3.60. The Morgan fingerprint density at radius 1 is 1.19 bits per heavy atom. The molecule has 0 aromatic carbocycles. The third kappa shape index (κ3) is 2.43. The van der Waals surface area contributed by atoms with E-state index in [1.165, 1.54) is 58.2 Å². The summed E-state index contributed by atoms with van der Waals surface area (Å²) in [5.74, 6) is 0. The van der Waals surface area contributed by atoms with Gasteiger partial charge in [-0.3, -0.25) is 4.90 Å². The number of rotatable bonds is 2. The number of hydrogen-bond donors (Lipinski definition) is 1. The Hall–Kier alpha value is -0.0800. The summed E-state index contributed by atoms with van der Waals surface area (Å²) in [5.41, 5.74) is 0.843. The first-order chi connectivity index (χ1) is 7.58. The number of piperazine rings is 1. The van der Waals surface area contributed by atoms with Crippen molar-refractivity contribution in [1.82, 2.24) is 10.2 Å². The molecule has 0 bridgehead atoms. The van der Waals surface area contributed by atoms with Crippen LogP contribution in [-0.4, -0.2) is 35.6 Å². The van der Waals surface area contributed by atoms with Crippen molar-refractivity contribution in [2.45, 2.75) is 70.4 Å². The van der Waals surface area contributed by atoms with E-state index < -0.39 is 0 Å². The first kappa shape index (κ1) is 12.4. The van der Waals surface area contributed by atoms with Crippen molar-refractivity contribution in [1.29, 1.82) is 0 Å². The SMILES string of the molecule is CCC(C)(C)N1CCNC2(CCCCC2)C1.